The summed E-state index contributed by atoms with van der Waals surface area (Å²) in [5.74, 6) is 1.20. The molecule has 0 saturated heterocycles. The first kappa shape index (κ1) is 31.0. The summed E-state index contributed by atoms with van der Waals surface area (Å²) in [6.07, 6.45) is 9.14. The van der Waals surface area contributed by atoms with Gasteiger partial charge in [0.2, 0.25) is 4.80 Å². The summed E-state index contributed by atoms with van der Waals surface area (Å²) in [6.45, 7) is 15.6. The van der Waals surface area contributed by atoms with E-state index < -0.39 is 8.07 Å². The lowest BCUT2D eigenvalue weighted by Gasteiger charge is -2.32. The van der Waals surface area contributed by atoms with Gasteiger partial charge in [0.1, 0.15) is 11.7 Å². The summed E-state index contributed by atoms with van der Waals surface area (Å²) >= 11 is 1.68. The molecule has 0 atom stereocenters. The highest BCUT2D eigenvalue weighted by Crippen LogP contribution is 2.34. The van der Waals surface area contributed by atoms with Crippen molar-refractivity contribution in [3.05, 3.63) is 46.0 Å². The van der Waals surface area contributed by atoms with Crippen molar-refractivity contribution in [3.63, 3.8) is 0 Å². The number of nitrogens with zero attached hydrogens (tertiary/aromatic N) is 7. The van der Waals surface area contributed by atoms with Gasteiger partial charge in [-0.1, -0.05) is 57.7 Å². The van der Waals surface area contributed by atoms with Crippen molar-refractivity contribution in [2.24, 2.45) is 10.4 Å². The molecule has 1 saturated carbocycles. The first-order valence-electron chi connectivity index (χ1n) is 15.3. The third-order valence-corrected chi connectivity index (χ3v) is 10.6. The number of ether oxygens (including phenoxy) is 1. The first-order valence-corrected chi connectivity index (χ1v) is 19.8. The topological polar surface area (TPSA) is 83.7 Å². The van der Waals surface area contributed by atoms with E-state index in [0.717, 1.165) is 53.7 Å². The Labute approximate surface area is 255 Å². The van der Waals surface area contributed by atoms with Crippen molar-refractivity contribution in [3.8, 4) is 0 Å². The summed E-state index contributed by atoms with van der Waals surface area (Å²) in [4.78, 5) is 17.7. The second-order valence-corrected chi connectivity index (χ2v) is 20.7. The van der Waals surface area contributed by atoms with E-state index >= 15 is 0 Å². The van der Waals surface area contributed by atoms with Crippen LogP contribution in [0.25, 0.3) is 16.6 Å². The highest BCUT2D eigenvalue weighted by atomic mass is 32.1. The summed E-state index contributed by atoms with van der Waals surface area (Å²) in [5.41, 5.74) is 7.70. The van der Waals surface area contributed by atoms with Crippen molar-refractivity contribution < 1.29 is 4.74 Å². The van der Waals surface area contributed by atoms with E-state index in [1.165, 1.54) is 36.3 Å². The van der Waals surface area contributed by atoms with Gasteiger partial charge in [0.05, 0.1) is 11.0 Å². The minimum Gasteiger partial charge on any atom is -0.359 e. The van der Waals surface area contributed by atoms with Gasteiger partial charge in [0.15, 0.2) is 5.82 Å². The number of pyridine rings is 2. The van der Waals surface area contributed by atoms with Gasteiger partial charge in [-0.15, -0.1) is 0 Å². The van der Waals surface area contributed by atoms with Crippen LogP contribution in [0.4, 0.5) is 5.82 Å². The fourth-order valence-corrected chi connectivity index (χ4v) is 7.63. The zero-order valence-corrected chi connectivity index (χ0v) is 28.3. The van der Waals surface area contributed by atoms with Crippen LogP contribution in [0, 0.1) is 5.41 Å². The molecule has 4 heterocycles. The van der Waals surface area contributed by atoms with E-state index in [9.17, 15) is 0 Å². The summed E-state index contributed by atoms with van der Waals surface area (Å²) in [6, 6.07) is 7.23. The van der Waals surface area contributed by atoms with Crippen molar-refractivity contribution >= 4 is 41.8 Å². The number of nitrogens with one attached hydrogen (secondary N) is 1. The van der Waals surface area contributed by atoms with Crippen LogP contribution < -0.4 is 10.2 Å². The van der Waals surface area contributed by atoms with Crippen LogP contribution in [-0.2, 0) is 11.5 Å². The van der Waals surface area contributed by atoms with Gasteiger partial charge in [-0.2, -0.15) is 10.1 Å². The highest BCUT2D eigenvalue weighted by molar-refractivity contribution is 7.08. The van der Waals surface area contributed by atoms with Gasteiger partial charge in [-0.25, -0.2) is 15.1 Å². The Morgan fingerprint density at radius 2 is 1.95 bits per heavy atom. The van der Waals surface area contributed by atoms with Crippen LogP contribution in [0.3, 0.4) is 0 Å². The van der Waals surface area contributed by atoms with E-state index in [4.69, 9.17) is 24.8 Å². The van der Waals surface area contributed by atoms with Crippen molar-refractivity contribution in [2.45, 2.75) is 77.9 Å². The van der Waals surface area contributed by atoms with Gasteiger partial charge in [0, 0.05) is 58.2 Å². The summed E-state index contributed by atoms with van der Waals surface area (Å²) < 4.78 is 8.02. The van der Waals surface area contributed by atoms with Crippen LogP contribution in [-0.4, -0.2) is 78.1 Å². The van der Waals surface area contributed by atoms with Gasteiger partial charge in [-0.05, 0) is 62.2 Å². The van der Waals surface area contributed by atoms with E-state index in [0.29, 0.717) is 18.5 Å². The molecule has 3 aromatic rings. The fraction of sp³-hybridized carbons (Fsp3) is 0.613. The zero-order valence-electron chi connectivity index (χ0n) is 26.5. The molecule has 9 nitrogen and oxygen atoms in total. The maximum Gasteiger partial charge on any atom is 0.211 e. The molecule has 0 bridgehead atoms. The lowest BCUT2D eigenvalue weighted by molar-refractivity contribution is 0.0757. The molecule has 1 aliphatic heterocycles. The molecule has 1 N–H and O–H groups in total. The van der Waals surface area contributed by atoms with Crippen LogP contribution in [0.5, 0.6) is 0 Å². The maximum absolute atomic E-state index is 6.08. The quantitative estimate of drug-likeness (QED) is 0.204. The minimum atomic E-state index is -1.15. The Balaban J connectivity index is 1.37. The van der Waals surface area contributed by atoms with Crippen molar-refractivity contribution in [1.29, 1.82) is 0 Å². The molecular weight excluding hydrogens is 561 g/mol. The molecule has 228 valence electrons. The maximum atomic E-state index is 6.08. The average Bonchev–Trinajstić information content (AvgIpc) is 3.66. The standard InChI is InChI=1S/C31H48N8OSSi/c1-31(2,20-37(3)4)21-38-19-25(18-33-38)24-16-27-26(32-17-24)12-13-28(34-27)35-30-39(22-40-14-15-42(5,6)7)36-29(41-30)23-10-8-9-11-23/h12-13,16-17,19,23,33H,8-11,14-15,18,20-22H2,1-7H3/b35-30-. The average molecular weight is 609 g/mol. The Morgan fingerprint density at radius 1 is 1.17 bits per heavy atom. The molecule has 0 aromatic carbocycles. The SMILES string of the molecule is CN(C)CC(C)(C)CN1C=C(c2cnc3ccc(/N=c4\sc(C5CCCC5)nn4COCC[Si](C)(C)C)nc3c2)CN1. The predicted octanol–water partition coefficient (Wildman–Crippen LogP) is 5.84. The summed E-state index contributed by atoms with van der Waals surface area (Å²) in [5, 5.41) is 8.34. The molecule has 11 heteroatoms. The molecule has 2 aliphatic rings. The van der Waals surface area contributed by atoms with Gasteiger partial charge in [0.25, 0.3) is 0 Å². The van der Waals surface area contributed by atoms with Crippen molar-refractivity contribution in [2.75, 3.05) is 40.3 Å². The van der Waals surface area contributed by atoms with E-state index in [1.54, 1.807) is 11.3 Å². The predicted molar refractivity (Wildman–Crippen MR) is 175 cm³/mol. The largest absolute Gasteiger partial charge is 0.359 e. The summed E-state index contributed by atoms with van der Waals surface area (Å²) in [7, 11) is 3.10. The van der Waals surface area contributed by atoms with E-state index in [-0.39, 0.29) is 5.41 Å². The molecule has 5 rings (SSSR count). The number of rotatable bonds is 12. The zero-order chi connectivity index (χ0) is 29.9. The van der Waals surface area contributed by atoms with Gasteiger partial charge >= 0.3 is 0 Å². The molecule has 1 fully saturated rings. The van der Waals surface area contributed by atoms with Gasteiger partial charge in [-0.3, -0.25) is 4.98 Å². The van der Waals surface area contributed by atoms with E-state index in [1.807, 2.05) is 23.0 Å². The molecule has 1 aliphatic carbocycles. The first-order chi connectivity index (χ1) is 19.9. The van der Waals surface area contributed by atoms with Crippen LogP contribution in [0.15, 0.2) is 35.6 Å². The number of fused-ring (bicyclic) bond motifs is 1. The molecule has 0 spiro atoms. The normalized spacial score (nSPS) is 17.3. The number of hydrogen-bond donors (Lipinski definition) is 1. The number of aromatic nitrogens is 4. The van der Waals surface area contributed by atoms with Crippen LogP contribution in [0.1, 0.15) is 56.0 Å². The van der Waals surface area contributed by atoms with Crippen molar-refractivity contribution in [1.82, 2.24) is 35.1 Å². The molecular formula is C31H48N8OSSi. The molecule has 0 amide bonds. The number of hydrazine groups is 1. The Hall–Kier alpha value is -2.44. The minimum absolute atomic E-state index is 0.159. The Bertz CT molecular complexity index is 1470. The lowest BCUT2D eigenvalue weighted by atomic mass is 9.93. The fourth-order valence-electron chi connectivity index (χ4n) is 5.80. The number of hydrogen-bond acceptors (Lipinski definition) is 9. The molecule has 0 unspecified atom stereocenters. The molecule has 0 radical (unpaired) electrons. The highest BCUT2D eigenvalue weighted by Gasteiger charge is 2.25. The molecule has 3 aromatic heterocycles. The van der Waals surface area contributed by atoms with Crippen LogP contribution >= 0.6 is 11.3 Å². The van der Waals surface area contributed by atoms with E-state index in [2.05, 4.69) is 75.2 Å². The van der Waals surface area contributed by atoms with Crippen LogP contribution in [0.2, 0.25) is 25.7 Å². The Morgan fingerprint density at radius 3 is 2.69 bits per heavy atom. The Kier molecular flexibility index (Phi) is 9.63. The monoisotopic (exact) mass is 608 g/mol. The second kappa shape index (κ2) is 13.0. The van der Waals surface area contributed by atoms with Gasteiger partial charge < -0.3 is 14.6 Å². The lowest BCUT2D eigenvalue weighted by Crippen LogP contribution is -2.41. The third-order valence-electron chi connectivity index (χ3n) is 7.78. The smallest absolute Gasteiger partial charge is 0.211 e. The third kappa shape index (κ3) is 8.34. The second-order valence-electron chi connectivity index (χ2n) is 14.1. The molecule has 42 heavy (non-hydrogen) atoms.